The number of benzene rings is 1. The summed E-state index contributed by atoms with van der Waals surface area (Å²) in [5, 5.41) is 3.42. The highest BCUT2D eigenvalue weighted by Crippen LogP contribution is 2.39. The van der Waals surface area contributed by atoms with Crippen LogP contribution >= 0.6 is 11.3 Å². The Hall–Kier alpha value is -2.34. The van der Waals surface area contributed by atoms with Crippen molar-refractivity contribution in [2.45, 2.75) is 46.1 Å². The molecule has 1 atom stereocenters. The van der Waals surface area contributed by atoms with E-state index in [4.69, 9.17) is 9.47 Å². The lowest BCUT2D eigenvalue weighted by atomic mass is 10.1. The number of thiophene rings is 1. The lowest BCUT2D eigenvalue weighted by Crippen LogP contribution is -2.30. The summed E-state index contributed by atoms with van der Waals surface area (Å²) in [5.41, 5.74) is 3.63. The third-order valence-corrected chi connectivity index (χ3v) is 5.98. The van der Waals surface area contributed by atoms with Gasteiger partial charge in [-0.3, -0.25) is 4.79 Å². The van der Waals surface area contributed by atoms with Crippen molar-refractivity contribution in [3.63, 3.8) is 0 Å². The molecule has 1 heterocycles. The highest BCUT2D eigenvalue weighted by Gasteiger charge is 2.29. The minimum Gasteiger partial charge on any atom is -0.481 e. The largest absolute Gasteiger partial charge is 0.481 e. The standard InChI is InChI=1S/C20H23NO4S/c1-11-7-5-9-15(12(11)2)25-13(3)18(22)21-19-17(20(23)24-4)14-8-6-10-16(14)26-19/h5,7,9,13H,6,8,10H2,1-4H3,(H,21,22)/t13-/m1/s1. The molecule has 1 aliphatic rings. The molecule has 138 valence electrons. The van der Waals surface area contributed by atoms with Crippen LogP contribution in [0.3, 0.4) is 0 Å². The summed E-state index contributed by atoms with van der Waals surface area (Å²) in [5.74, 6) is 0.00768. The van der Waals surface area contributed by atoms with E-state index in [-0.39, 0.29) is 5.91 Å². The highest BCUT2D eigenvalue weighted by atomic mass is 32.1. The number of fused-ring (bicyclic) bond motifs is 1. The van der Waals surface area contributed by atoms with Crippen molar-refractivity contribution in [3.8, 4) is 5.75 Å². The number of hydrogen-bond acceptors (Lipinski definition) is 5. The molecule has 2 aromatic rings. The van der Waals surface area contributed by atoms with Crippen LogP contribution in [0.15, 0.2) is 18.2 Å². The van der Waals surface area contributed by atoms with Gasteiger partial charge in [-0.1, -0.05) is 12.1 Å². The predicted octanol–water partition coefficient (Wildman–Crippen LogP) is 4.05. The topological polar surface area (TPSA) is 64.6 Å². The van der Waals surface area contributed by atoms with E-state index in [2.05, 4.69) is 5.32 Å². The zero-order valence-electron chi connectivity index (χ0n) is 15.5. The molecule has 5 nitrogen and oxygen atoms in total. The fourth-order valence-corrected chi connectivity index (χ4v) is 4.40. The van der Waals surface area contributed by atoms with Crippen LogP contribution in [-0.4, -0.2) is 25.1 Å². The Balaban J connectivity index is 1.78. The fraction of sp³-hybridized carbons (Fsp3) is 0.400. The molecule has 0 saturated carbocycles. The Kier molecular flexibility index (Phi) is 5.32. The second-order valence-corrected chi connectivity index (χ2v) is 7.61. The first-order valence-corrected chi connectivity index (χ1v) is 9.50. The number of esters is 1. The Bertz CT molecular complexity index is 856. The Labute approximate surface area is 157 Å². The number of ether oxygens (including phenoxy) is 2. The van der Waals surface area contributed by atoms with Crippen molar-refractivity contribution in [3.05, 3.63) is 45.3 Å². The maximum Gasteiger partial charge on any atom is 0.341 e. The lowest BCUT2D eigenvalue weighted by Gasteiger charge is -2.17. The molecule has 0 spiro atoms. The van der Waals surface area contributed by atoms with Gasteiger partial charge in [-0.15, -0.1) is 11.3 Å². The third-order valence-electron chi connectivity index (χ3n) is 4.78. The van der Waals surface area contributed by atoms with E-state index in [1.54, 1.807) is 6.92 Å². The van der Waals surface area contributed by atoms with Crippen LogP contribution in [0.2, 0.25) is 0 Å². The first-order valence-electron chi connectivity index (χ1n) is 8.69. The number of methoxy groups -OCH3 is 1. The molecule has 3 rings (SSSR count). The summed E-state index contributed by atoms with van der Waals surface area (Å²) in [4.78, 5) is 26.0. The monoisotopic (exact) mass is 373 g/mol. The van der Waals surface area contributed by atoms with Crippen LogP contribution in [0, 0.1) is 13.8 Å². The molecule has 0 unspecified atom stereocenters. The van der Waals surface area contributed by atoms with Crippen LogP contribution in [0.25, 0.3) is 0 Å². The van der Waals surface area contributed by atoms with Crippen LogP contribution in [0.1, 0.15) is 45.3 Å². The number of rotatable bonds is 5. The number of carbonyl (C=O) groups excluding carboxylic acids is 2. The Morgan fingerprint density at radius 2 is 2.00 bits per heavy atom. The summed E-state index contributed by atoms with van der Waals surface area (Å²) in [6.45, 7) is 5.67. The van der Waals surface area contributed by atoms with E-state index in [0.29, 0.717) is 16.3 Å². The van der Waals surface area contributed by atoms with Crippen molar-refractivity contribution in [1.82, 2.24) is 0 Å². The van der Waals surface area contributed by atoms with Gasteiger partial charge >= 0.3 is 5.97 Å². The molecule has 0 aliphatic heterocycles. The number of anilines is 1. The van der Waals surface area contributed by atoms with Gasteiger partial charge in [0.15, 0.2) is 6.10 Å². The summed E-state index contributed by atoms with van der Waals surface area (Å²) in [6.07, 6.45) is 2.14. The minimum atomic E-state index is -0.682. The van der Waals surface area contributed by atoms with Gasteiger partial charge in [0.25, 0.3) is 5.91 Å². The average Bonchev–Trinajstić information content (AvgIpc) is 3.18. The van der Waals surface area contributed by atoms with E-state index in [1.807, 2.05) is 32.0 Å². The summed E-state index contributed by atoms with van der Waals surface area (Å²) >= 11 is 1.46. The number of carbonyl (C=O) groups is 2. The van der Waals surface area contributed by atoms with Gasteiger partial charge in [0, 0.05) is 4.88 Å². The third kappa shape index (κ3) is 3.46. The minimum absolute atomic E-state index is 0.281. The zero-order chi connectivity index (χ0) is 18.8. The van der Waals surface area contributed by atoms with Crippen LogP contribution in [0.4, 0.5) is 5.00 Å². The molecule has 0 fully saturated rings. The van der Waals surface area contributed by atoms with Gasteiger partial charge in [0.1, 0.15) is 10.8 Å². The number of nitrogens with one attached hydrogen (secondary N) is 1. The summed E-state index contributed by atoms with van der Waals surface area (Å²) in [7, 11) is 1.36. The Morgan fingerprint density at radius 1 is 1.23 bits per heavy atom. The lowest BCUT2D eigenvalue weighted by molar-refractivity contribution is -0.122. The molecular weight excluding hydrogens is 350 g/mol. The van der Waals surface area contributed by atoms with Crippen LogP contribution in [-0.2, 0) is 22.4 Å². The fourth-order valence-electron chi connectivity index (χ4n) is 3.12. The molecule has 1 aromatic carbocycles. The van der Waals surface area contributed by atoms with Crippen molar-refractivity contribution < 1.29 is 19.1 Å². The number of hydrogen-bond donors (Lipinski definition) is 1. The molecule has 0 bridgehead atoms. The first-order chi connectivity index (χ1) is 12.4. The second-order valence-electron chi connectivity index (χ2n) is 6.50. The molecule has 1 N–H and O–H groups in total. The smallest absolute Gasteiger partial charge is 0.341 e. The first kappa shape index (κ1) is 18.5. The maximum absolute atomic E-state index is 12.6. The quantitative estimate of drug-likeness (QED) is 0.803. The average molecular weight is 373 g/mol. The van der Waals surface area contributed by atoms with E-state index < -0.39 is 12.1 Å². The summed E-state index contributed by atoms with van der Waals surface area (Å²) < 4.78 is 10.8. The van der Waals surface area contributed by atoms with Gasteiger partial charge in [-0.2, -0.15) is 0 Å². The second kappa shape index (κ2) is 7.50. The molecule has 0 saturated heterocycles. The normalized spacial score (nSPS) is 13.8. The molecule has 1 amide bonds. The van der Waals surface area contributed by atoms with Gasteiger partial charge in [-0.25, -0.2) is 4.79 Å². The molecule has 1 aliphatic carbocycles. The predicted molar refractivity (Wildman–Crippen MR) is 102 cm³/mol. The van der Waals surface area contributed by atoms with Gasteiger partial charge in [-0.05, 0) is 62.8 Å². The molecular formula is C20H23NO4S. The van der Waals surface area contributed by atoms with Crippen LogP contribution in [0.5, 0.6) is 5.75 Å². The van der Waals surface area contributed by atoms with Gasteiger partial charge < -0.3 is 14.8 Å². The van der Waals surface area contributed by atoms with E-state index in [9.17, 15) is 9.59 Å². The van der Waals surface area contributed by atoms with E-state index in [0.717, 1.165) is 40.8 Å². The molecule has 26 heavy (non-hydrogen) atoms. The van der Waals surface area contributed by atoms with Gasteiger partial charge in [0.05, 0.1) is 12.7 Å². The number of aryl methyl sites for hydroxylation is 2. The SMILES string of the molecule is COC(=O)c1c(NC(=O)[C@@H](C)Oc2cccc(C)c2C)sc2c1CCC2. The zero-order valence-corrected chi connectivity index (χ0v) is 16.3. The van der Waals surface area contributed by atoms with Crippen molar-refractivity contribution in [2.24, 2.45) is 0 Å². The van der Waals surface area contributed by atoms with Crippen molar-refractivity contribution in [2.75, 3.05) is 12.4 Å². The number of amides is 1. The molecule has 0 radical (unpaired) electrons. The van der Waals surface area contributed by atoms with Crippen molar-refractivity contribution >= 4 is 28.2 Å². The maximum atomic E-state index is 12.6. The summed E-state index contributed by atoms with van der Waals surface area (Å²) in [6, 6.07) is 5.76. The molecule has 6 heteroatoms. The Morgan fingerprint density at radius 3 is 2.73 bits per heavy atom. The van der Waals surface area contributed by atoms with E-state index in [1.165, 1.54) is 18.4 Å². The van der Waals surface area contributed by atoms with Crippen molar-refractivity contribution in [1.29, 1.82) is 0 Å². The van der Waals surface area contributed by atoms with Crippen LogP contribution < -0.4 is 10.1 Å². The van der Waals surface area contributed by atoms with Gasteiger partial charge in [0.2, 0.25) is 0 Å². The highest BCUT2D eigenvalue weighted by molar-refractivity contribution is 7.17. The molecule has 1 aromatic heterocycles. The van der Waals surface area contributed by atoms with E-state index >= 15 is 0 Å².